The molecule has 5 heteroatoms. The van der Waals surface area contributed by atoms with E-state index in [0.29, 0.717) is 11.3 Å². The third kappa shape index (κ3) is 6.71. The van der Waals surface area contributed by atoms with Crippen LogP contribution in [0.4, 0.5) is 0 Å². The molecule has 0 saturated heterocycles. The van der Waals surface area contributed by atoms with Crippen LogP contribution >= 0.6 is 11.3 Å². The van der Waals surface area contributed by atoms with Crippen molar-refractivity contribution < 1.29 is 27.3 Å². The smallest absolute Gasteiger partial charge is 0.121 e. The Bertz CT molecular complexity index is 2180. The molecule has 0 spiro atoms. The van der Waals surface area contributed by atoms with E-state index in [1.54, 1.807) is 23.6 Å². The van der Waals surface area contributed by atoms with Gasteiger partial charge < -0.3 is 14.4 Å². The molecule has 1 radical (unpaired) electrons. The molecule has 3 nitrogen and oxygen atoms in total. The van der Waals surface area contributed by atoms with E-state index in [9.17, 15) is 0 Å². The number of hydrogen-bond donors (Lipinski definition) is 0. The van der Waals surface area contributed by atoms with Gasteiger partial charge in [-0.15, -0.1) is 64.9 Å². The van der Waals surface area contributed by atoms with Crippen LogP contribution < -0.4 is 0 Å². The van der Waals surface area contributed by atoms with Gasteiger partial charge in [0.1, 0.15) is 5.58 Å². The number of benzene rings is 3. The Kier molecular flexibility index (Phi) is 8.45. The molecule has 0 unspecified atom stereocenters. The molecular weight excluding hydrogens is 737 g/mol. The van der Waals surface area contributed by atoms with Gasteiger partial charge in [-0.25, -0.2) is 0 Å². The quantitative estimate of drug-likeness (QED) is 0.168. The van der Waals surface area contributed by atoms with Crippen molar-refractivity contribution in [3.05, 3.63) is 118 Å². The van der Waals surface area contributed by atoms with Crippen molar-refractivity contribution in [2.24, 2.45) is 5.41 Å². The fourth-order valence-electron chi connectivity index (χ4n) is 5.18. The second kappa shape index (κ2) is 12.8. The minimum Gasteiger partial charge on any atom is -0.501 e. The van der Waals surface area contributed by atoms with Crippen LogP contribution in [0, 0.1) is 45.2 Å². The van der Waals surface area contributed by atoms with Gasteiger partial charge in [-0.2, -0.15) is 0 Å². The molecule has 0 aliphatic rings. The summed E-state index contributed by atoms with van der Waals surface area (Å²) in [6, 6.07) is 28.6. The number of furan rings is 1. The summed E-state index contributed by atoms with van der Waals surface area (Å²) in [7, 11) is 0. The molecule has 3 aromatic carbocycles. The van der Waals surface area contributed by atoms with Crippen LogP contribution in [0.1, 0.15) is 50.6 Å². The number of thiophene rings is 1. The minimum absolute atomic E-state index is 0. The Morgan fingerprint density at radius 2 is 1.68 bits per heavy atom. The van der Waals surface area contributed by atoms with E-state index in [1.807, 2.05) is 57.3 Å². The summed E-state index contributed by atoms with van der Waals surface area (Å²) in [5.74, 6) is 0. The van der Waals surface area contributed by atoms with Crippen molar-refractivity contribution in [3.8, 4) is 22.5 Å². The predicted octanol–water partition coefficient (Wildman–Crippen LogP) is 11.0. The van der Waals surface area contributed by atoms with Gasteiger partial charge in [-0.1, -0.05) is 61.9 Å². The van der Waals surface area contributed by atoms with Gasteiger partial charge in [-0.05, 0) is 73.8 Å². The first-order valence-corrected chi connectivity index (χ1v) is 15.3. The predicted molar refractivity (Wildman–Crippen MR) is 182 cm³/mol. The molecule has 225 valence electrons. The zero-order valence-electron chi connectivity index (χ0n) is 28.0. The SMILES string of the molecule is Cc1c[c-]c(-c2cc(C)c(C)cn2)cc1.[2H]C([2H])(c1ccnc(-c2[c-]ccc3c2oc2ccc4sc(C)cc4c23)c1)C(C)(C)C.[Ir]. The topological polar surface area (TPSA) is 38.9 Å². The van der Waals surface area contributed by atoms with E-state index in [-0.39, 0.29) is 20.1 Å². The van der Waals surface area contributed by atoms with E-state index in [4.69, 9.17) is 7.16 Å². The van der Waals surface area contributed by atoms with Gasteiger partial charge in [0.15, 0.2) is 0 Å². The molecule has 0 N–H and O–H groups in total. The van der Waals surface area contributed by atoms with Crippen molar-refractivity contribution in [2.75, 3.05) is 0 Å². The molecule has 44 heavy (non-hydrogen) atoms. The average molecular weight is 775 g/mol. The molecule has 0 saturated carbocycles. The van der Waals surface area contributed by atoms with E-state index in [2.05, 4.69) is 80.1 Å². The van der Waals surface area contributed by atoms with Gasteiger partial charge in [0.05, 0.1) is 5.58 Å². The summed E-state index contributed by atoms with van der Waals surface area (Å²) < 4.78 is 24.8. The van der Waals surface area contributed by atoms with Crippen molar-refractivity contribution in [3.63, 3.8) is 0 Å². The monoisotopic (exact) mass is 775 g/mol. The number of nitrogens with zero attached hydrogens (tertiary/aromatic N) is 2. The second-order valence-electron chi connectivity index (χ2n) is 12.1. The second-order valence-corrected chi connectivity index (χ2v) is 13.4. The van der Waals surface area contributed by atoms with Crippen LogP contribution in [0.25, 0.3) is 54.5 Å². The minimum atomic E-state index is -1.49. The van der Waals surface area contributed by atoms with Gasteiger partial charge in [0, 0.05) is 55.6 Å². The Morgan fingerprint density at radius 3 is 2.41 bits per heavy atom. The van der Waals surface area contributed by atoms with Crippen molar-refractivity contribution in [1.29, 1.82) is 0 Å². The first-order valence-electron chi connectivity index (χ1n) is 15.5. The first kappa shape index (κ1) is 29.1. The van der Waals surface area contributed by atoms with Gasteiger partial charge in [0.2, 0.25) is 0 Å². The van der Waals surface area contributed by atoms with Crippen LogP contribution in [-0.2, 0) is 26.5 Å². The molecule has 0 fully saturated rings. The molecule has 0 atom stereocenters. The Labute approximate surface area is 280 Å². The number of rotatable bonds is 3. The average Bonchev–Trinajstić information content (AvgIpc) is 3.58. The standard InChI is InChI=1S/C25H22NOS.C14H14N.Ir/c1-15-12-19-22(28-15)9-8-21-23(19)18-7-5-6-17(24(18)27-21)20-13-16(10-11-26-20)14-25(2,3)4;1-10-4-6-13(7-5-10)14-8-11(2)12(3)9-15-14;/h5,7-13H,14H2,1-4H3;4-6,8-9H,1-3H3;/q2*-1;/i14D2;;. The molecule has 7 aromatic rings. The van der Waals surface area contributed by atoms with Crippen LogP contribution in [-0.4, -0.2) is 9.97 Å². The van der Waals surface area contributed by atoms with Crippen molar-refractivity contribution in [2.45, 2.75) is 54.8 Å². The number of hydrogen-bond acceptors (Lipinski definition) is 4. The molecule has 7 rings (SSSR count). The molecule has 4 heterocycles. The Balaban J connectivity index is 0.000000220. The third-order valence-electron chi connectivity index (χ3n) is 7.37. The van der Waals surface area contributed by atoms with Gasteiger partial charge in [-0.3, -0.25) is 0 Å². The zero-order valence-corrected chi connectivity index (χ0v) is 29.3. The summed E-state index contributed by atoms with van der Waals surface area (Å²) >= 11 is 1.78. The maximum Gasteiger partial charge on any atom is 0.121 e. The summed E-state index contributed by atoms with van der Waals surface area (Å²) in [5, 5.41) is 3.35. The van der Waals surface area contributed by atoms with E-state index < -0.39 is 11.8 Å². The fourth-order valence-corrected chi connectivity index (χ4v) is 6.11. The number of aryl methyl sites for hydroxylation is 4. The number of aromatic nitrogens is 2. The van der Waals surface area contributed by atoms with E-state index in [1.165, 1.54) is 31.7 Å². The number of fused-ring (bicyclic) bond motifs is 5. The van der Waals surface area contributed by atoms with Crippen LogP contribution in [0.15, 0.2) is 83.5 Å². The van der Waals surface area contributed by atoms with E-state index in [0.717, 1.165) is 38.8 Å². The molecule has 0 bridgehead atoms. The van der Waals surface area contributed by atoms with Crippen LogP contribution in [0.3, 0.4) is 0 Å². The van der Waals surface area contributed by atoms with Gasteiger partial charge >= 0.3 is 0 Å². The molecule has 4 aromatic heterocycles. The summed E-state index contributed by atoms with van der Waals surface area (Å²) in [6.07, 6.45) is 2.09. The number of pyridine rings is 2. The first-order chi connectivity index (χ1) is 21.3. The maximum atomic E-state index is 8.63. The maximum absolute atomic E-state index is 8.63. The summed E-state index contributed by atoms with van der Waals surface area (Å²) in [6.45, 7) is 14.1. The summed E-state index contributed by atoms with van der Waals surface area (Å²) in [4.78, 5) is 10.2. The summed E-state index contributed by atoms with van der Waals surface area (Å²) in [5.41, 5.74) is 8.87. The third-order valence-corrected chi connectivity index (χ3v) is 8.38. The van der Waals surface area contributed by atoms with E-state index >= 15 is 0 Å². The fraction of sp³-hybridized carbons (Fsp3) is 0.231. The zero-order chi connectivity index (χ0) is 32.1. The molecule has 0 aliphatic heterocycles. The molecule has 0 aliphatic carbocycles. The van der Waals surface area contributed by atoms with Crippen LogP contribution in [0.2, 0.25) is 0 Å². The normalized spacial score (nSPS) is 12.4. The Morgan fingerprint density at radius 1 is 0.864 bits per heavy atom. The Hall–Kier alpha value is -3.63. The van der Waals surface area contributed by atoms with Gasteiger partial charge in [0.25, 0.3) is 0 Å². The van der Waals surface area contributed by atoms with Crippen molar-refractivity contribution in [1.82, 2.24) is 9.97 Å². The largest absolute Gasteiger partial charge is 0.501 e. The molecular formula is C39H36IrN2OS-2. The molecule has 0 amide bonds. The van der Waals surface area contributed by atoms with Crippen molar-refractivity contribution >= 4 is 43.4 Å². The van der Waals surface area contributed by atoms with Crippen LogP contribution in [0.5, 0.6) is 0 Å².